The number of aryl methyl sites for hydroxylation is 3. The van der Waals surface area contributed by atoms with Crippen LogP contribution in [0.5, 0.6) is 0 Å². The average Bonchev–Trinajstić information content (AvgIpc) is 3.02. The van der Waals surface area contributed by atoms with E-state index in [1.165, 1.54) is 0 Å². The van der Waals surface area contributed by atoms with E-state index in [2.05, 4.69) is 20.8 Å². The first-order valence-electron chi connectivity index (χ1n) is 8.85. The second-order valence-electron chi connectivity index (χ2n) is 6.77. The quantitative estimate of drug-likeness (QED) is 0.749. The van der Waals surface area contributed by atoms with E-state index in [-0.39, 0.29) is 16.7 Å². The third-order valence-electron chi connectivity index (χ3n) is 4.57. The fourth-order valence-electron chi connectivity index (χ4n) is 2.70. The Kier molecular flexibility index (Phi) is 6.59. The molecule has 2 aromatic rings. The number of sulfone groups is 1. The molecule has 0 aliphatic rings. The molecule has 27 heavy (non-hydrogen) atoms. The third-order valence-corrected chi connectivity index (χ3v) is 6.38. The van der Waals surface area contributed by atoms with Crippen LogP contribution in [-0.2, 0) is 16.9 Å². The summed E-state index contributed by atoms with van der Waals surface area (Å²) in [6.07, 6.45) is 2.05. The standard InChI is InChI=1S/C18H27N5O3S/c1-6-15(10-27(25,26)16-8-7-12(2)13(3)9-16)21-18(24)20-14(4)17-22-19-11-23(17)5/h7-9,11,14-15H,6,10H2,1-5H3,(H2,20,21,24)/t14-,15-/m0/s1. The number of carbonyl (C=O) groups excluding carboxylic acids is 1. The van der Waals surface area contributed by atoms with Crippen molar-refractivity contribution in [2.75, 3.05) is 5.75 Å². The monoisotopic (exact) mass is 393 g/mol. The van der Waals surface area contributed by atoms with E-state index in [1.807, 2.05) is 20.8 Å². The van der Waals surface area contributed by atoms with E-state index in [1.54, 1.807) is 43.1 Å². The lowest BCUT2D eigenvalue weighted by atomic mass is 10.1. The van der Waals surface area contributed by atoms with Gasteiger partial charge in [0, 0.05) is 13.1 Å². The minimum absolute atomic E-state index is 0.155. The van der Waals surface area contributed by atoms with E-state index in [0.717, 1.165) is 11.1 Å². The summed E-state index contributed by atoms with van der Waals surface area (Å²) in [4.78, 5) is 12.6. The molecule has 2 amide bonds. The molecule has 148 valence electrons. The molecule has 0 aliphatic carbocycles. The lowest BCUT2D eigenvalue weighted by Crippen LogP contribution is -2.45. The van der Waals surface area contributed by atoms with Gasteiger partial charge in [0.2, 0.25) is 0 Å². The van der Waals surface area contributed by atoms with Crippen molar-refractivity contribution in [3.63, 3.8) is 0 Å². The van der Waals surface area contributed by atoms with E-state index in [9.17, 15) is 13.2 Å². The summed E-state index contributed by atoms with van der Waals surface area (Å²) >= 11 is 0. The van der Waals surface area contributed by atoms with E-state index in [0.29, 0.717) is 12.2 Å². The molecule has 0 unspecified atom stereocenters. The number of carbonyl (C=O) groups is 1. The van der Waals surface area contributed by atoms with Crippen LogP contribution in [0, 0.1) is 13.8 Å². The molecule has 2 rings (SSSR count). The highest BCUT2D eigenvalue weighted by Crippen LogP contribution is 2.17. The average molecular weight is 394 g/mol. The summed E-state index contributed by atoms with van der Waals surface area (Å²) in [7, 11) is -1.72. The van der Waals surface area contributed by atoms with Gasteiger partial charge in [0.1, 0.15) is 6.33 Å². The van der Waals surface area contributed by atoms with Crippen molar-refractivity contribution in [3.05, 3.63) is 41.5 Å². The smallest absolute Gasteiger partial charge is 0.315 e. The van der Waals surface area contributed by atoms with Crippen LogP contribution in [0.4, 0.5) is 4.79 Å². The molecule has 1 aromatic heterocycles. The first kappa shape index (κ1) is 20.9. The highest BCUT2D eigenvalue weighted by atomic mass is 32.2. The predicted molar refractivity (Wildman–Crippen MR) is 103 cm³/mol. The predicted octanol–water partition coefficient (Wildman–Crippen LogP) is 2.04. The summed E-state index contributed by atoms with van der Waals surface area (Å²) in [6, 6.07) is 3.79. The van der Waals surface area contributed by atoms with Crippen LogP contribution in [0.3, 0.4) is 0 Å². The number of urea groups is 1. The largest absolute Gasteiger partial charge is 0.334 e. The number of nitrogens with zero attached hydrogens (tertiary/aromatic N) is 3. The molecule has 1 aromatic carbocycles. The van der Waals surface area contributed by atoms with Crippen molar-refractivity contribution in [2.24, 2.45) is 7.05 Å². The molecule has 2 atom stereocenters. The van der Waals surface area contributed by atoms with Crippen LogP contribution < -0.4 is 10.6 Å². The van der Waals surface area contributed by atoms with E-state index < -0.39 is 21.9 Å². The maximum absolute atomic E-state index is 12.7. The topological polar surface area (TPSA) is 106 Å². The fraction of sp³-hybridized carbons (Fsp3) is 0.500. The van der Waals surface area contributed by atoms with Gasteiger partial charge in [-0.05, 0) is 50.5 Å². The molecule has 8 nitrogen and oxygen atoms in total. The van der Waals surface area contributed by atoms with Gasteiger partial charge in [-0.3, -0.25) is 0 Å². The number of aromatic nitrogens is 3. The number of nitrogens with one attached hydrogen (secondary N) is 2. The molecule has 0 saturated carbocycles. The van der Waals surface area contributed by atoms with Gasteiger partial charge in [0.15, 0.2) is 15.7 Å². The Hall–Kier alpha value is -2.42. The Bertz CT molecular complexity index is 907. The van der Waals surface area contributed by atoms with Crippen molar-refractivity contribution in [1.82, 2.24) is 25.4 Å². The van der Waals surface area contributed by atoms with Crippen LogP contribution in [0.25, 0.3) is 0 Å². The van der Waals surface area contributed by atoms with Gasteiger partial charge in [0.25, 0.3) is 0 Å². The Balaban J connectivity index is 2.02. The number of amides is 2. The van der Waals surface area contributed by atoms with Gasteiger partial charge in [-0.25, -0.2) is 13.2 Å². The lowest BCUT2D eigenvalue weighted by Gasteiger charge is -2.20. The van der Waals surface area contributed by atoms with Crippen LogP contribution in [0.2, 0.25) is 0 Å². The zero-order valence-corrected chi connectivity index (χ0v) is 17.2. The fourth-order valence-corrected chi connectivity index (χ4v) is 4.38. The van der Waals surface area contributed by atoms with Crippen molar-refractivity contribution in [1.29, 1.82) is 0 Å². The summed E-state index contributed by atoms with van der Waals surface area (Å²) in [5.74, 6) is 0.457. The van der Waals surface area contributed by atoms with Crippen LogP contribution >= 0.6 is 0 Å². The first-order valence-corrected chi connectivity index (χ1v) is 10.5. The second kappa shape index (κ2) is 8.51. The molecular weight excluding hydrogens is 366 g/mol. The number of hydrogen-bond donors (Lipinski definition) is 2. The molecule has 0 bridgehead atoms. The van der Waals surface area contributed by atoms with Crippen molar-refractivity contribution < 1.29 is 13.2 Å². The zero-order chi connectivity index (χ0) is 20.2. The zero-order valence-electron chi connectivity index (χ0n) is 16.4. The summed E-state index contributed by atoms with van der Waals surface area (Å²) < 4.78 is 27.1. The first-order chi connectivity index (χ1) is 12.6. The van der Waals surface area contributed by atoms with Gasteiger partial charge in [-0.1, -0.05) is 13.0 Å². The normalized spacial score (nSPS) is 13.8. The van der Waals surface area contributed by atoms with Gasteiger partial charge in [0.05, 0.1) is 16.7 Å². The minimum Gasteiger partial charge on any atom is -0.334 e. The van der Waals surface area contributed by atoms with Crippen molar-refractivity contribution in [3.8, 4) is 0 Å². The van der Waals surface area contributed by atoms with Gasteiger partial charge in [-0.2, -0.15) is 0 Å². The summed E-state index contributed by atoms with van der Waals surface area (Å²) in [5.41, 5.74) is 1.96. The highest BCUT2D eigenvalue weighted by molar-refractivity contribution is 7.91. The molecule has 1 heterocycles. The summed E-state index contributed by atoms with van der Waals surface area (Å²) in [6.45, 7) is 7.44. The molecular formula is C18H27N5O3S. The Morgan fingerprint density at radius 2 is 1.93 bits per heavy atom. The Morgan fingerprint density at radius 1 is 1.22 bits per heavy atom. The third kappa shape index (κ3) is 5.29. The maximum atomic E-state index is 12.7. The SMILES string of the molecule is CC[C@@H](CS(=O)(=O)c1ccc(C)c(C)c1)NC(=O)N[C@@H](C)c1nncn1C. The van der Waals surface area contributed by atoms with Gasteiger partial charge in [-0.15, -0.1) is 10.2 Å². The number of benzene rings is 1. The molecule has 9 heteroatoms. The minimum atomic E-state index is -3.50. The van der Waals surface area contributed by atoms with Crippen molar-refractivity contribution in [2.45, 2.75) is 51.1 Å². The van der Waals surface area contributed by atoms with Crippen LogP contribution in [-0.4, -0.2) is 41.0 Å². The van der Waals surface area contributed by atoms with Crippen LogP contribution in [0.1, 0.15) is 43.3 Å². The van der Waals surface area contributed by atoms with Crippen LogP contribution in [0.15, 0.2) is 29.4 Å². The number of rotatable bonds is 7. The molecule has 2 N–H and O–H groups in total. The van der Waals surface area contributed by atoms with Gasteiger partial charge >= 0.3 is 6.03 Å². The second-order valence-corrected chi connectivity index (χ2v) is 8.81. The highest BCUT2D eigenvalue weighted by Gasteiger charge is 2.23. The van der Waals surface area contributed by atoms with Crippen molar-refractivity contribution >= 4 is 15.9 Å². The Morgan fingerprint density at radius 3 is 2.48 bits per heavy atom. The lowest BCUT2D eigenvalue weighted by molar-refractivity contribution is 0.234. The van der Waals surface area contributed by atoms with E-state index >= 15 is 0 Å². The molecule has 0 radical (unpaired) electrons. The number of hydrogen-bond acceptors (Lipinski definition) is 5. The maximum Gasteiger partial charge on any atom is 0.315 e. The molecule has 0 aliphatic heterocycles. The Labute approximate surface area is 160 Å². The van der Waals surface area contributed by atoms with Gasteiger partial charge < -0.3 is 15.2 Å². The summed E-state index contributed by atoms with van der Waals surface area (Å²) in [5, 5.41) is 13.2. The molecule has 0 saturated heterocycles. The van der Waals surface area contributed by atoms with E-state index in [4.69, 9.17) is 0 Å². The molecule has 0 spiro atoms. The molecule has 0 fully saturated rings.